The molecule has 6 nitrogen and oxygen atoms in total. The van der Waals surface area contributed by atoms with E-state index >= 15 is 0 Å². The molecular formula is C19H30N6. The predicted molar refractivity (Wildman–Crippen MR) is 109 cm³/mol. The summed E-state index contributed by atoms with van der Waals surface area (Å²) in [4.78, 5) is 5.44. The first-order valence-electron chi connectivity index (χ1n) is 8.12. The number of aromatic nitrogens is 1. The molecule has 0 aliphatic carbocycles. The van der Waals surface area contributed by atoms with E-state index < -0.39 is 0 Å². The van der Waals surface area contributed by atoms with Crippen molar-refractivity contribution < 1.29 is 0 Å². The number of H-pyrrole nitrogens is 1. The van der Waals surface area contributed by atoms with Crippen molar-refractivity contribution in [3.63, 3.8) is 0 Å². The summed E-state index contributed by atoms with van der Waals surface area (Å²) in [5, 5.41) is 17.5. The normalized spacial score (nSPS) is 11.2. The zero-order valence-corrected chi connectivity index (χ0v) is 15.7. The minimum Gasteiger partial charge on any atom is -0.389 e. The van der Waals surface area contributed by atoms with Crippen molar-refractivity contribution in [1.29, 1.82) is 5.41 Å². The summed E-state index contributed by atoms with van der Waals surface area (Å²) >= 11 is 0. The van der Waals surface area contributed by atoms with Gasteiger partial charge in [0, 0.05) is 50.2 Å². The lowest BCUT2D eigenvalue weighted by Crippen LogP contribution is -2.21. The van der Waals surface area contributed by atoms with Crippen LogP contribution in [0.2, 0.25) is 0 Å². The minimum atomic E-state index is 0.268. The highest BCUT2D eigenvalue weighted by molar-refractivity contribution is 6.11. The zero-order valence-electron chi connectivity index (χ0n) is 15.7. The van der Waals surface area contributed by atoms with Gasteiger partial charge in [-0.1, -0.05) is 25.8 Å². The van der Waals surface area contributed by atoms with Gasteiger partial charge in [0.2, 0.25) is 0 Å². The van der Waals surface area contributed by atoms with Crippen LogP contribution in [0.3, 0.4) is 0 Å². The number of hydrogen-bond donors (Lipinski definition) is 5. The Kier molecular flexibility index (Phi) is 7.75. The standard InChI is InChI=1S/C19H30N6/c1-8-15-16(9-10-25(6)7)23-12-18(15)24-17(11-13(2)21-4)19(20)14(3)22-5/h8,11-12,20-24H,1-3,9-10H2,4-7H3/b17-11+,20-19?. The molecule has 0 aliphatic heterocycles. The van der Waals surface area contributed by atoms with Crippen LogP contribution in [-0.4, -0.2) is 50.3 Å². The van der Waals surface area contributed by atoms with Crippen LogP contribution in [0.25, 0.3) is 6.08 Å². The SMILES string of the molecule is C=Cc1c(N/C(=C/C(=C)NC)C(=N)C(=C)NC)c[nH]c1CCN(C)C. The number of allylic oxidation sites excluding steroid dienone is 1. The third-order valence-corrected chi connectivity index (χ3v) is 3.80. The number of nitrogens with one attached hydrogen (secondary N) is 5. The van der Waals surface area contributed by atoms with E-state index in [0.29, 0.717) is 17.1 Å². The summed E-state index contributed by atoms with van der Waals surface area (Å²) < 4.78 is 0. The van der Waals surface area contributed by atoms with Crippen molar-refractivity contribution in [3.8, 4) is 0 Å². The maximum atomic E-state index is 8.34. The predicted octanol–water partition coefficient (Wildman–Crippen LogP) is 2.54. The summed E-state index contributed by atoms with van der Waals surface area (Å²) in [6.45, 7) is 12.6. The number of anilines is 1. The smallest absolute Gasteiger partial charge is 0.100 e. The molecule has 0 atom stereocenters. The molecule has 0 fully saturated rings. The first kappa shape index (κ1) is 20.3. The van der Waals surface area contributed by atoms with Crippen LogP contribution in [-0.2, 0) is 6.42 Å². The maximum absolute atomic E-state index is 8.34. The Morgan fingerprint density at radius 2 is 1.96 bits per heavy atom. The second-order valence-corrected chi connectivity index (χ2v) is 5.91. The summed E-state index contributed by atoms with van der Waals surface area (Å²) in [6, 6.07) is 0. The van der Waals surface area contributed by atoms with E-state index in [1.54, 1.807) is 20.2 Å². The van der Waals surface area contributed by atoms with Crippen molar-refractivity contribution >= 4 is 17.5 Å². The summed E-state index contributed by atoms with van der Waals surface area (Å²) in [5.41, 5.74) is 5.06. The Morgan fingerprint density at radius 3 is 2.48 bits per heavy atom. The lowest BCUT2D eigenvalue weighted by atomic mass is 10.1. The van der Waals surface area contributed by atoms with Gasteiger partial charge in [-0.3, -0.25) is 5.41 Å². The van der Waals surface area contributed by atoms with Crippen molar-refractivity contribution in [3.05, 3.63) is 60.4 Å². The van der Waals surface area contributed by atoms with Crippen molar-refractivity contribution in [2.24, 2.45) is 0 Å². The fraction of sp³-hybridized carbons (Fsp3) is 0.316. The molecule has 0 radical (unpaired) electrons. The van der Waals surface area contributed by atoms with E-state index in [9.17, 15) is 0 Å². The number of aromatic amines is 1. The number of hydrogen-bond acceptors (Lipinski definition) is 5. The molecular weight excluding hydrogens is 312 g/mol. The summed E-state index contributed by atoms with van der Waals surface area (Å²) in [7, 11) is 7.62. The molecule has 5 N–H and O–H groups in total. The molecule has 136 valence electrons. The van der Waals surface area contributed by atoms with Gasteiger partial charge in [0.05, 0.1) is 17.1 Å². The third kappa shape index (κ3) is 5.69. The largest absolute Gasteiger partial charge is 0.389 e. The van der Waals surface area contributed by atoms with Gasteiger partial charge in [0.25, 0.3) is 0 Å². The van der Waals surface area contributed by atoms with Crippen LogP contribution < -0.4 is 16.0 Å². The molecule has 0 aromatic carbocycles. The van der Waals surface area contributed by atoms with Gasteiger partial charge in [-0.05, 0) is 20.2 Å². The molecule has 1 aromatic rings. The van der Waals surface area contributed by atoms with Crippen molar-refractivity contribution in [2.45, 2.75) is 6.42 Å². The van der Waals surface area contributed by atoms with Gasteiger partial charge in [0.15, 0.2) is 0 Å². The fourth-order valence-corrected chi connectivity index (χ4v) is 2.21. The average Bonchev–Trinajstić information content (AvgIpc) is 2.99. The highest BCUT2D eigenvalue weighted by Gasteiger charge is 2.14. The number of rotatable bonds is 11. The Morgan fingerprint density at radius 1 is 1.28 bits per heavy atom. The number of likely N-dealkylation sites (N-methyl/N-ethyl adjacent to an activating group) is 2. The topological polar surface area (TPSA) is 79.0 Å². The van der Waals surface area contributed by atoms with Gasteiger partial charge in [-0.15, -0.1) is 0 Å². The average molecular weight is 342 g/mol. The summed E-state index contributed by atoms with van der Waals surface area (Å²) in [5.74, 6) is 0. The monoisotopic (exact) mass is 342 g/mol. The quantitative estimate of drug-likeness (QED) is 0.316. The third-order valence-electron chi connectivity index (χ3n) is 3.80. The molecule has 0 spiro atoms. The van der Waals surface area contributed by atoms with Crippen LogP contribution in [0.5, 0.6) is 0 Å². The molecule has 0 saturated heterocycles. The summed E-state index contributed by atoms with van der Waals surface area (Å²) in [6.07, 6.45) is 6.39. The fourth-order valence-electron chi connectivity index (χ4n) is 2.21. The molecule has 1 heterocycles. The van der Waals surface area contributed by atoms with E-state index in [-0.39, 0.29) is 5.71 Å². The Labute approximate surface area is 150 Å². The minimum absolute atomic E-state index is 0.268. The second-order valence-electron chi connectivity index (χ2n) is 5.91. The molecule has 0 unspecified atom stereocenters. The van der Waals surface area contributed by atoms with Gasteiger partial charge in [-0.2, -0.15) is 0 Å². The molecule has 6 heteroatoms. The molecule has 25 heavy (non-hydrogen) atoms. The van der Waals surface area contributed by atoms with E-state index in [2.05, 4.69) is 45.6 Å². The van der Waals surface area contributed by atoms with Gasteiger partial charge >= 0.3 is 0 Å². The second kappa shape index (κ2) is 9.54. The van der Waals surface area contributed by atoms with E-state index in [1.807, 2.05) is 26.4 Å². The van der Waals surface area contributed by atoms with Crippen LogP contribution in [0.15, 0.2) is 49.1 Å². The lowest BCUT2D eigenvalue weighted by molar-refractivity contribution is 0.412. The lowest BCUT2D eigenvalue weighted by Gasteiger charge is -2.15. The van der Waals surface area contributed by atoms with Crippen molar-refractivity contribution in [1.82, 2.24) is 20.5 Å². The Bertz CT molecular complexity index is 678. The van der Waals surface area contributed by atoms with Crippen molar-refractivity contribution in [2.75, 3.05) is 40.1 Å². The van der Waals surface area contributed by atoms with Crippen LogP contribution in [0, 0.1) is 5.41 Å². The molecule has 0 saturated carbocycles. The first-order chi connectivity index (χ1) is 11.8. The molecule has 0 aliphatic rings. The molecule has 0 amide bonds. The van der Waals surface area contributed by atoms with Gasteiger partial charge < -0.3 is 25.8 Å². The molecule has 1 rings (SSSR count). The highest BCUT2D eigenvalue weighted by atomic mass is 15.0. The van der Waals surface area contributed by atoms with E-state index in [0.717, 1.165) is 29.9 Å². The van der Waals surface area contributed by atoms with E-state index in [1.165, 1.54) is 0 Å². The highest BCUT2D eigenvalue weighted by Crippen LogP contribution is 2.24. The Balaban J connectivity index is 3.14. The molecule has 1 aromatic heterocycles. The van der Waals surface area contributed by atoms with Gasteiger partial charge in [-0.25, -0.2) is 0 Å². The van der Waals surface area contributed by atoms with E-state index in [4.69, 9.17) is 5.41 Å². The Hall–Kier alpha value is -2.73. The van der Waals surface area contributed by atoms with Crippen LogP contribution in [0.1, 0.15) is 11.3 Å². The maximum Gasteiger partial charge on any atom is 0.100 e. The molecule has 0 bridgehead atoms. The first-order valence-corrected chi connectivity index (χ1v) is 8.12. The van der Waals surface area contributed by atoms with Gasteiger partial charge in [0.1, 0.15) is 5.71 Å². The number of nitrogens with zero attached hydrogens (tertiary/aromatic N) is 1. The van der Waals surface area contributed by atoms with Crippen LogP contribution >= 0.6 is 0 Å². The zero-order chi connectivity index (χ0) is 19.0. The van der Waals surface area contributed by atoms with Crippen LogP contribution in [0.4, 0.5) is 5.69 Å².